The molecule has 1 heterocycles. The van der Waals surface area contributed by atoms with E-state index in [1.54, 1.807) is 7.11 Å². The van der Waals surface area contributed by atoms with E-state index in [-0.39, 0.29) is 5.91 Å². The van der Waals surface area contributed by atoms with Crippen molar-refractivity contribution in [1.82, 2.24) is 4.90 Å². The third-order valence-corrected chi connectivity index (χ3v) is 3.58. The number of ether oxygens (including phenoxy) is 1. The molecule has 0 aromatic rings. The number of thioether (sulfide) groups is 1. The molecule has 14 heavy (non-hydrogen) atoms. The van der Waals surface area contributed by atoms with Crippen molar-refractivity contribution in [2.24, 2.45) is 0 Å². The van der Waals surface area contributed by atoms with E-state index in [1.807, 2.05) is 30.5 Å². The lowest BCUT2D eigenvalue weighted by molar-refractivity contribution is -0.150. The summed E-state index contributed by atoms with van der Waals surface area (Å²) in [6.45, 7) is 5.38. The zero-order chi connectivity index (χ0) is 10.6. The number of rotatable bonds is 2. The van der Waals surface area contributed by atoms with Gasteiger partial charge >= 0.3 is 0 Å². The molecule has 1 rings (SSSR count). The summed E-state index contributed by atoms with van der Waals surface area (Å²) in [5, 5.41) is 0. The summed E-state index contributed by atoms with van der Waals surface area (Å²) in [4.78, 5) is 13.9. The fraction of sp³-hybridized carbons (Fsp3) is 0.900. The van der Waals surface area contributed by atoms with Crippen LogP contribution in [-0.2, 0) is 9.53 Å². The van der Waals surface area contributed by atoms with E-state index in [0.29, 0.717) is 0 Å². The second kappa shape index (κ2) is 5.03. The number of hydrogen-bond donors (Lipinski definition) is 0. The smallest absolute Gasteiger partial charge is 0.254 e. The van der Waals surface area contributed by atoms with Crippen molar-refractivity contribution in [3.8, 4) is 0 Å². The van der Waals surface area contributed by atoms with E-state index in [1.165, 1.54) is 0 Å². The molecule has 0 N–H and O–H groups in total. The normalized spacial score (nSPS) is 19.2. The van der Waals surface area contributed by atoms with Gasteiger partial charge in [0.05, 0.1) is 0 Å². The van der Waals surface area contributed by atoms with Gasteiger partial charge in [0.2, 0.25) is 0 Å². The van der Waals surface area contributed by atoms with Gasteiger partial charge in [-0.15, -0.1) is 0 Å². The lowest BCUT2D eigenvalue weighted by Crippen LogP contribution is -2.47. The van der Waals surface area contributed by atoms with Crippen molar-refractivity contribution < 1.29 is 9.53 Å². The lowest BCUT2D eigenvalue weighted by Gasteiger charge is -2.29. The SMILES string of the molecule is COC(C)(C)C(=O)N1CCCSCC1. The van der Waals surface area contributed by atoms with Gasteiger partial charge in [0, 0.05) is 26.0 Å². The second-order valence-electron chi connectivity index (χ2n) is 3.97. The number of carbonyl (C=O) groups is 1. The van der Waals surface area contributed by atoms with Crippen LogP contribution in [0, 0.1) is 0 Å². The molecule has 0 unspecified atom stereocenters. The Morgan fingerprint density at radius 2 is 2.07 bits per heavy atom. The molecular weight excluding hydrogens is 198 g/mol. The largest absolute Gasteiger partial charge is 0.369 e. The summed E-state index contributed by atoms with van der Waals surface area (Å²) in [5.41, 5.74) is -0.672. The van der Waals surface area contributed by atoms with E-state index < -0.39 is 5.60 Å². The zero-order valence-corrected chi connectivity index (χ0v) is 10.0. The first-order chi connectivity index (χ1) is 6.58. The Morgan fingerprint density at radius 1 is 1.36 bits per heavy atom. The molecule has 0 bridgehead atoms. The van der Waals surface area contributed by atoms with Crippen LogP contribution in [0.25, 0.3) is 0 Å². The maximum atomic E-state index is 12.0. The highest BCUT2D eigenvalue weighted by atomic mass is 32.2. The minimum Gasteiger partial charge on any atom is -0.369 e. The highest BCUT2D eigenvalue weighted by Crippen LogP contribution is 2.16. The van der Waals surface area contributed by atoms with Crippen molar-refractivity contribution >= 4 is 17.7 Å². The van der Waals surface area contributed by atoms with E-state index in [9.17, 15) is 4.79 Å². The average Bonchev–Trinajstić information content (AvgIpc) is 2.44. The molecule has 0 saturated carbocycles. The van der Waals surface area contributed by atoms with Gasteiger partial charge in [-0.1, -0.05) is 0 Å². The molecule has 0 aliphatic carbocycles. The van der Waals surface area contributed by atoms with Gasteiger partial charge < -0.3 is 9.64 Å². The van der Waals surface area contributed by atoms with Crippen molar-refractivity contribution in [3.05, 3.63) is 0 Å². The van der Waals surface area contributed by atoms with Crippen LogP contribution in [0.4, 0.5) is 0 Å². The average molecular weight is 217 g/mol. The highest BCUT2D eigenvalue weighted by Gasteiger charge is 2.31. The molecule has 1 fully saturated rings. The van der Waals surface area contributed by atoms with Gasteiger partial charge in [-0.25, -0.2) is 0 Å². The van der Waals surface area contributed by atoms with Crippen molar-refractivity contribution in [2.75, 3.05) is 31.7 Å². The van der Waals surface area contributed by atoms with Gasteiger partial charge in [0.1, 0.15) is 5.60 Å². The minimum atomic E-state index is -0.672. The van der Waals surface area contributed by atoms with E-state index in [2.05, 4.69) is 0 Å². The maximum absolute atomic E-state index is 12.0. The van der Waals surface area contributed by atoms with Crippen molar-refractivity contribution in [1.29, 1.82) is 0 Å². The Labute approximate surface area is 90.2 Å². The van der Waals surface area contributed by atoms with E-state index in [4.69, 9.17) is 4.74 Å². The molecular formula is C10H19NO2S. The first kappa shape index (κ1) is 11.9. The number of carbonyl (C=O) groups excluding carboxylic acids is 1. The number of methoxy groups -OCH3 is 1. The predicted molar refractivity (Wildman–Crippen MR) is 59.6 cm³/mol. The zero-order valence-electron chi connectivity index (χ0n) is 9.21. The molecule has 82 valence electrons. The topological polar surface area (TPSA) is 29.5 Å². The molecule has 0 aromatic heterocycles. The van der Waals surface area contributed by atoms with Crippen LogP contribution in [0.3, 0.4) is 0 Å². The molecule has 4 heteroatoms. The van der Waals surface area contributed by atoms with Crippen LogP contribution in [0.15, 0.2) is 0 Å². The number of amides is 1. The molecule has 0 atom stereocenters. The monoisotopic (exact) mass is 217 g/mol. The fourth-order valence-electron chi connectivity index (χ4n) is 1.42. The molecule has 1 aliphatic rings. The second-order valence-corrected chi connectivity index (χ2v) is 5.20. The highest BCUT2D eigenvalue weighted by molar-refractivity contribution is 7.99. The summed E-state index contributed by atoms with van der Waals surface area (Å²) >= 11 is 1.92. The molecule has 0 aromatic carbocycles. The lowest BCUT2D eigenvalue weighted by atomic mass is 10.1. The molecule has 0 radical (unpaired) electrons. The summed E-state index contributed by atoms with van der Waals surface area (Å²) < 4.78 is 5.20. The third-order valence-electron chi connectivity index (χ3n) is 2.53. The van der Waals surface area contributed by atoms with Crippen LogP contribution < -0.4 is 0 Å². The standard InChI is InChI=1S/C10H19NO2S/c1-10(2,13-3)9(12)11-5-4-7-14-8-6-11/h4-8H2,1-3H3. The summed E-state index contributed by atoms with van der Waals surface area (Å²) in [7, 11) is 1.59. The van der Waals surface area contributed by atoms with Crippen LogP contribution >= 0.6 is 11.8 Å². The number of hydrogen-bond acceptors (Lipinski definition) is 3. The first-order valence-electron chi connectivity index (χ1n) is 5.00. The van der Waals surface area contributed by atoms with Crippen LogP contribution in [0.5, 0.6) is 0 Å². The summed E-state index contributed by atoms with van der Waals surface area (Å²) in [5.74, 6) is 2.32. The first-order valence-corrected chi connectivity index (χ1v) is 6.15. The van der Waals surface area contributed by atoms with Gasteiger partial charge in [0.15, 0.2) is 0 Å². The Kier molecular flexibility index (Phi) is 4.26. The molecule has 1 aliphatic heterocycles. The molecule has 1 amide bonds. The van der Waals surface area contributed by atoms with Gasteiger partial charge in [-0.3, -0.25) is 4.79 Å². The summed E-state index contributed by atoms with van der Waals surface area (Å²) in [6, 6.07) is 0. The minimum absolute atomic E-state index is 0.113. The fourth-order valence-corrected chi connectivity index (χ4v) is 2.30. The molecule has 0 spiro atoms. The van der Waals surface area contributed by atoms with Gasteiger partial charge in [0.25, 0.3) is 5.91 Å². The summed E-state index contributed by atoms with van der Waals surface area (Å²) in [6.07, 6.45) is 1.09. The Bertz CT molecular complexity index is 198. The predicted octanol–water partition coefficient (Wildman–Crippen LogP) is 1.38. The van der Waals surface area contributed by atoms with Gasteiger partial charge in [-0.2, -0.15) is 11.8 Å². The van der Waals surface area contributed by atoms with Crippen LogP contribution in [-0.4, -0.2) is 48.1 Å². The van der Waals surface area contributed by atoms with E-state index >= 15 is 0 Å². The number of nitrogens with zero attached hydrogens (tertiary/aromatic N) is 1. The quantitative estimate of drug-likeness (QED) is 0.700. The Hall–Kier alpha value is -0.220. The Balaban J connectivity index is 2.58. The van der Waals surface area contributed by atoms with Gasteiger partial charge in [-0.05, 0) is 26.0 Å². The maximum Gasteiger partial charge on any atom is 0.254 e. The van der Waals surface area contributed by atoms with Crippen LogP contribution in [0.1, 0.15) is 20.3 Å². The molecule has 3 nitrogen and oxygen atoms in total. The third kappa shape index (κ3) is 2.89. The van der Waals surface area contributed by atoms with E-state index in [0.717, 1.165) is 31.0 Å². The Morgan fingerprint density at radius 3 is 2.71 bits per heavy atom. The van der Waals surface area contributed by atoms with Crippen molar-refractivity contribution in [3.63, 3.8) is 0 Å². The molecule has 1 saturated heterocycles. The van der Waals surface area contributed by atoms with Crippen molar-refractivity contribution in [2.45, 2.75) is 25.9 Å². The van der Waals surface area contributed by atoms with Crippen LogP contribution in [0.2, 0.25) is 0 Å².